The molecule has 3 heterocycles. The van der Waals surface area contributed by atoms with Crippen LogP contribution in [0.1, 0.15) is 28.7 Å². The molecule has 1 unspecified atom stereocenters. The molecule has 1 N–H and O–H groups in total. The Hall–Kier alpha value is -2.62. The van der Waals surface area contributed by atoms with Crippen LogP contribution in [0.25, 0.3) is 0 Å². The summed E-state index contributed by atoms with van der Waals surface area (Å²) in [6.45, 7) is 0. The quantitative estimate of drug-likeness (QED) is 0.196. The van der Waals surface area contributed by atoms with E-state index < -0.39 is 6.10 Å². The molecule has 0 bridgehead atoms. The first-order valence-electron chi connectivity index (χ1n) is 14.6. The van der Waals surface area contributed by atoms with Gasteiger partial charge in [-0.15, -0.1) is 0 Å². The Morgan fingerprint density at radius 1 is 0.311 bits per heavy atom. The van der Waals surface area contributed by atoms with Gasteiger partial charge in [-0.1, -0.05) is 143 Å². The van der Waals surface area contributed by atoms with Crippen LogP contribution in [0, 0.1) is 0 Å². The number of fused-ring (bicyclic) bond motifs is 6. The van der Waals surface area contributed by atoms with E-state index in [1.165, 1.54) is 65.0 Å². The standard InChI is InChI=1S/C38H24OS6/c39-35(24-12-9-21-33-38(24)45-30-18-6-3-15-27(30)42-33)34(22-10-7-19-31-36(22)43-28-16-4-1-13-25(28)40-31)23-11-8-20-32-37(23)44-29-17-5-2-14-26(29)41-32/h1-21,34-35,39H. The predicted molar refractivity (Wildman–Crippen MR) is 190 cm³/mol. The van der Waals surface area contributed by atoms with Crippen molar-refractivity contribution in [2.75, 3.05) is 0 Å². The van der Waals surface area contributed by atoms with E-state index >= 15 is 0 Å². The van der Waals surface area contributed by atoms with Crippen LogP contribution in [0.5, 0.6) is 0 Å². The summed E-state index contributed by atoms with van der Waals surface area (Å²) in [6, 6.07) is 45.6. The highest BCUT2D eigenvalue weighted by Gasteiger charge is 2.35. The van der Waals surface area contributed by atoms with Gasteiger partial charge in [0.25, 0.3) is 0 Å². The van der Waals surface area contributed by atoms with Crippen molar-refractivity contribution >= 4 is 70.6 Å². The highest BCUT2D eigenvalue weighted by Crippen LogP contribution is 2.58. The molecule has 0 saturated heterocycles. The zero-order valence-corrected chi connectivity index (χ0v) is 28.6. The number of hydrogen-bond donors (Lipinski definition) is 1. The summed E-state index contributed by atoms with van der Waals surface area (Å²) in [5.41, 5.74) is 3.34. The first kappa shape index (κ1) is 28.6. The number of benzene rings is 6. The van der Waals surface area contributed by atoms with E-state index in [4.69, 9.17) is 0 Å². The molecule has 6 aromatic rings. The van der Waals surface area contributed by atoms with Crippen molar-refractivity contribution < 1.29 is 5.11 Å². The molecule has 0 aromatic heterocycles. The zero-order chi connectivity index (χ0) is 29.9. The zero-order valence-electron chi connectivity index (χ0n) is 23.7. The average molecular weight is 689 g/mol. The second-order valence-corrected chi connectivity index (χ2v) is 17.3. The summed E-state index contributed by atoms with van der Waals surface area (Å²) in [4.78, 5) is 15.0. The van der Waals surface area contributed by atoms with Crippen molar-refractivity contribution in [1.82, 2.24) is 0 Å². The summed E-state index contributed by atoms with van der Waals surface area (Å²) in [7, 11) is 0. The molecule has 9 rings (SSSR count). The normalized spacial score (nSPS) is 14.8. The van der Waals surface area contributed by atoms with Crippen molar-refractivity contribution in [3.63, 3.8) is 0 Å². The van der Waals surface area contributed by atoms with E-state index in [1.54, 1.807) is 23.5 Å². The van der Waals surface area contributed by atoms with Gasteiger partial charge < -0.3 is 5.11 Å². The van der Waals surface area contributed by atoms with Gasteiger partial charge in [0, 0.05) is 64.7 Å². The molecule has 0 fully saturated rings. The first-order chi connectivity index (χ1) is 22.2. The average Bonchev–Trinajstić information content (AvgIpc) is 3.09. The number of aliphatic hydroxyl groups excluding tert-OH is 1. The van der Waals surface area contributed by atoms with E-state index in [9.17, 15) is 5.11 Å². The lowest BCUT2D eigenvalue weighted by Crippen LogP contribution is -2.17. The monoisotopic (exact) mass is 688 g/mol. The fraction of sp³-hybridized carbons (Fsp3) is 0.0526. The SMILES string of the molecule is OC(c1cccc2c1Sc1ccccc1S2)C(c1cccc2c1Sc1ccccc1S2)c1cccc2c1Sc1ccccc1S2. The Labute approximate surface area is 288 Å². The largest absolute Gasteiger partial charge is 0.387 e. The maximum atomic E-state index is 12.8. The lowest BCUT2D eigenvalue weighted by atomic mass is 9.83. The molecule has 3 aliphatic rings. The van der Waals surface area contributed by atoms with Crippen LogP contribution in [0.15, 0.2) is 186 Å². The van der Waals surface area contributed by atoms with Crippen LogP contribution in [0.4, 0.5) is 0 Å². The molecule has 0 saturated carbocycles. The molecule has 0 aliphatic carbocycles. The lowest BCUT2D eigenvalue weighted by Gasteiger charge is -2.33. The molecule has 0 spiro atoms. The van der Waals surface area contributed by atoms with Gasteiger partial charge >= 0.3 is 0 Å². The topological polar surface area (TPSA) is 20.2 Å². The van der Waals surface area contributed by atoms with Crippen molar-refractivity contribution in [2.24, 2.45) is 0 Å². The molecule has 6 aromatic carbocycles. The second-order valence-electron chi connectivity index (χ2n) is 10.9. The van der Waals surface area contributed by atoms with Gasteiger partial charge in [0.1, 0.15) is 0 Å². The van der Waals surface area contributed by atoms with Gasteiger partial charge in [-0.2, -0.15) is 0 Å². The Balaban J connectivity index is 1.23. The molecule has 7 heteroatoms. The van der Waals surface area contributed by atoms with E-state index in [-0.39, 0.29) is 5.92 Å². The third kappa shape index (κ3) is 5.08. The van der Waals surface area contributed by atoms with Gasteiger partial charge in [0.05, 0.1) is 6.10 Å². The third-order valence-corrected chi connectivity index (χ3v) is 16.1. The molecule has 45 heavy (non-hydrogen) atoms. The van der Waals surface area contributed by atoms with Crippen LogP contribution in [0.2, 0.25) is 0 Å². The fourth-order valence-corrected chi connectivity index (χ4v) is 13.4. The van der Waals surface area contributed by atoms with Crippen molar-refractivity contribution in [3.8, 4) is 0 Å². The van der Waals surface area contributed by atoms with Gasteiger partial charge in [0.2, 0.25) is 0 Å². The maximum Gasteiger partial charge on any atom is 0.0911 e. The van der Waals surface area contributed by atoms with E-state index in [0.29, 0.717) is 0 Å². The van der Waals surface area contributed by atoms with Crippen LogP contribution >= 0.6 is 70.6 Å². The lowest BCUT2D eigenvalue weighted by molar-refractivity contribution is 0.153. The van der Waals surface area contributed by atoms with Gasteiger partial charge in [-0.05, 0) is 71.3 Å². The third-order valence-electron chi connectivity index (χ3n) is 8.18. The van der Waals surface area contributed by atoms with Gasteiger partial charge in [0.15, 0.2) is 0 Å². The van der Waals surface area contributed by atoms with Crippen LogP contribution in [-0.4, -0.2) is 5.11 Å². The molecule has 0 amide bonds. The number of aliphatic hydroxyl groups is 1. The highest BCUT2D eigenvalue weighted by atomic mass is 32.2. The molecule has 1 nitrogen and oxygen atoms in total. The molecule has 3 aliphatic heterocycles. The van der Waals surface area contributed by atoms with Crippen LogP contribution in [-0.2, 0) is 0 Å². The Bertz CT molecular complexity index is 2030. The Kier molecular flexibility index (Phi) is 7.54. The smallest absolute Gasteiger partial charge is 0.0911 e. The predicted octanol–water partition coefficient (Wildman–Crippen LogP) is 12.4. The van der Waals surface area contributed by atoms with Crippen molar-refractivity contribution in [1.29, 1.82) is 0 Å². The van der Waals surface area contributed by atoms with E-state index in [1.807, 2.05) is 47.0 Å². The van der Waals surface area contributed by atoms with Crippen molar-refractivity contribution in [2.45, 2.75) is 70.8 Å². The highest BCUT2D eigenvalue weighted by molar-refractivity contribution is 8.06. The molecular formula is C38H24OS6. The van der Waals surface area contributed by atoms with Gasteiger partial charge in [-0.25, -0.2) is 0 Å². The van der Waals surface area contributed by atoms with E-state index in [2.05, 4.69) is 127 Å². The Morgan fingerprint density at radius 3 is 0.978 bits per heavy atom. The maximum absolute atomic E-state index is 12.8. The summed E-state index contributed by atoms with van der Waals surface area (Å²) in [5.74, 6) is -0.263. The Morgan fingerprint density at radius 2 is 0.600 bits per heavy atom. The summed E-state index contributed by atoms with van der Waals surface area (Å²) in [6.07, 6.45) is -0.748. The summed E-state index contributed by atoms with van der Waals surface area (Å²) < 4.78 is 0. The van der Waals surface area contributed by atoms with Crippen LogP contribution < -0.4 is 0 Å². The summed E-state index contributed by atoms with van der Waals surface area (Å²) >= 11 is 10.9. The van der Waals surface area contributed by atoms with E-state index in [0.717, 1.165) is 10.5 Å². The summed E-state index contributed by atoms with van der Waals surface area (Å²) in [5, 5.41) is 12.8. The number of rotatable bonds is 4. The van der Waals surface area contributed by atoms with Crippen LogP contribution in [0.3, 0.4) is 0 Å². The minimum Gasteiger partial charge on any atom is -0.387 e. The van der Waals surface area contributed by atoms with Gasteiger partial charge in [-0.3, -0.25) is 0 Å². The number of hydrogen-bond acceptors (Lipinski definition) is 7. The van der Waals surface area contributed by atoms with Crippen molar-refractivity contribution in [3.05, 3.63) is 144 Å². The molecule has 0 radical (unpaired) electrons. The second kappa shape index (κ2) is 11.9. The molecule has 218 valence electrons. The minimum absolute atomic E-state index is 0.263. The minimum atomic E-state index is -0.748. The molecular weight excluding hydrogens is 665 g/mol. The molecule has 1 atom stereocenters. The first-order valence-corrected chi connectivity index (χ1v) is 19.5. The fourth-order valence-electron chi connectivity index (χ4n) is 6.12.